The van der Waals surface area contributed by atoms with Crippen LogP contribution in [-0.4, -0.2) is 19.5 Å². The summed E-state index contributed by atoms with van der Waals surface area (Å²) in [6.07, 6.45) is 1.14. The third kappa shape index (κ3) is 3.43. The molecule has 0 saturated heterocycles. The van der Waals surface area contributed by atoms with Gasteiger partial charge >= 0.3 is 0 Å². The monoisotopic (exact) mass is 87.1 g/mol. The minimum absolute atomic E-state index is 0.173. The van der Waals surface area contributed by atoms with E-state index >= 15 is 0 Å². The maximum Gasteiger partial charge on any atom is 0.102 e. The van der Waals surface area contributed by atoms with Crippen molar-refractivity contribution in [1.82, 2.24) is 0 Å². The molecule has 0 atom stereocenters. The Bertz CT molecular complexity index is 44.1. The third-order valence-corrected chi connectivity index (χ3v) is 0.326. The van der Waals surface area contributed by atoms with Gasteiger partial charge in [-0.25, -0.2) is 5.11 Å². The molecular weight excluding hydrogens is 80.0 g/mol. The van der Waals surface area contributed by atoms with Crippen LogP contribution in [0.2, 0.25) is 0 Å². The van der Waals surface area contributed by atoms with Crippen LogP contribution in [0.1, 0.15) is 0 Å². The summed E-state index contributed by atoms with van der Waals surface area (Å²) in [5, 5.41) is 9.52. The number of rotatable bonds is 2. The predicted molar refractivity (Wildman–Crippen MR) is 23.1 cm³/mol. The second kappa shape index (κ2) is 4.43. The molecule has 0 rings (SSSR count). The van der Waals surface area contributed by atoms with E-state index in [0.29, 0.717) is 6.54 Å². The summed E-state index contributed by atoms with van der Waals surface area (Å²) in [4.78, 5) is 3.43. The van der Waals surface area contributed by atoms with Crippen molar-refractivity contribution in [2.24, 2.45) is 10.7 Å². The minimum Gasteiger partial charge on any atom is -0.390 e. The third-order valence-electron chi connectivity index (χ3n) is 0.326. The maximum absolute atomic E-state index is 9.52. The molecule has 0 aromatic heterocycles. The quantitative estimate of drug-likeness (QED) is 0.355. The highest BCUT2D eigenvalue weighted by molar-refractivity contribution is 5.50. The van der Waals surface area contributed by atoms with Crippen molar-refractivity contribution in [3.05, 3.63) is 0 Å². The van der Waals surface area contributed by atoms with Crippen LogP contribution in [0.3, 0.4) is 0 Å². The van der Waals surface area contributed by atoms with Crippen molar-refractivity contribution in [3.8, 4) is 0 Å². The minimum atomic E-state index is -0.173. The van der Waals surface area contributed by atoms with Gasteiger partial charge in [0.2, 0.25) is 0 Å². The summed E-state index contributed by atoms with van der Waals surface area (Å²) in [5.74, 6) is 0. The Hall–Kier alpha value is -0.570. The zero-order valence-electron chi connectivity index (χ0n) is 3.42. The van der Waals surface area contributed by atoms with Crippen LogP contribution in [-0.2, 0) is 5.11 Å². The van der Waals surface area contributed by atoms with Crippen molar-refractivity contribution in [2.45, 2.75) is 0 Å². The van der Waals surface area contributed by atoms with Crippen LogP contribution < -0.4 is 5.73 Å². The highest BCUT2D eigenvalue weighted by atomic mass is 16.3. The van der Waals surface area contributed by atoms with Crippen molar-refractivity contribution >= 4 is 6.34 Å². The van der Waals surface area contributed by atoms with Gasteiger partial charge in [0.1, 0.15) is 6.61 Å². The fraction of sp³-hybridized carbons (Fsp3) is 0.667. The Balaban J connectivity index is 2.66. The van der Waals surface area contributed by atoms with Gasteiger partial charge in [-0.3, -0.25) is 4.99 Å². The first kappa shape index (κ1) is 5.43. The van der Waals surface area contributed by atoms with Crippen molar-refractivity contribution in [2.75, 3.05) is 13.2 Å². The van der Waals surface area contributed by atoms with Crippen LogP contribution in [0.15, 0.2) is 4.99 Å². The molecule has 6 heavy (non-hydrogen) atoms. The van der Waals surface area contributed by atoms with E-state index in [1.807, 2.05) is 0 Å². The van der Waals surface area contributed by atoms with E-state index in [2.05, 4.69) is 4.99 Å². The average Bonchev–Trinajstić information content (AvgIpc) is 1.61. The molecule has 0 aromatic carbocycles. The van der Waals surface area contributed by atoms with E-state index in [9.17, 15) is 5.11 Å². The number of nitrogens with two attached hydrogens (primary N) is 1. The molecule has 1 radical (unpaired) electrons. The van der Waals surface area contributed by atoms with Crippen LogP contribution in [0.4, 0.5) is 0 Å². The zero-order chi connectivity index (χ0) is 4.83. The van der Waals surface area contributed by atoms with Crippen molar-refractivity contribution in [1.29, 1.82) is 0 Å². The molecule has 0 aliphatic rings. The van der Waals surface area contributed by atoms with Crippen molar-refractivity contribution in [3.63, 3.8) is 0 Å². The summed E-state index contributed by atoms with van der Waals surface area (Å²) in [6, 6.07) is 0. The molecule has 3 heteroatoms. The molecule has 0 aliphatic heterocycles. The van der Waals surface area contributed by atoms with E-state index in [1.165, 1.54) is 0 Å². The van der Waals surface area contributed by atoms with Gasteiger partial charge < -0.3 is 5.73 Å². The van der Waals surface area contributed by atoms with Gasteiger partial charge in [0.15, 0.2) is 0 Å². The Morgan fingerprint density at radius 2 is 2.50 bits per heavy atom. The van der Waals surface area contributed by atoms with Crippen LogP contribution in [0.25, 0.3) is 0 Å². The summed E-state index contributed by atoms with van der Waals surface area (Å²) in [5.41, 5.74) is 4.78. The van der Waals surface area contributed by atoms with E-state index < -0.39 is 0 Å². The summed E-state index contributed by atoms with van der Waals surface area (Å²) in [6.45, 7) is 0.129. The second-order valence-electron chi connectivity index (χ2n) is 0.759. The lowest BCUT2D eigenvalue weighted by Gasteiger charge is -1.75. The smallest absolute Gasteiger partial charge is 0.102 e. The molecule has 0 fully saturated rings. The van der Waals surface area contributed by atoms with Crippen LogP contribution >= 0.6 is 0 Å². The van der Waals surface area contributed by atoms with Gasteiger partial charge in [0.25, 0.3) is 0 Å². The SMILES string of the molecule is NC=NCC[O]. The Kier molecular flexibility index (Phi) is 4.01. The largest absolute Gasteiger partial charge is 0.390 e. The van der Waals surface area contributed by atoms with Crippen molar-refractivity contribution < 1.29 is 5.11 Å². The topological polar surface area (TPSA) is 58.3 Å². The lowest BCUT2D eigenvalue weighted by Crippen LogP contribution is -1.92. The molecular formula is C3H7N2O. The van der Waals surface area contributed by atoms with Gasteiger partial charge in [0.05, 0.1) is 12.9 Å². The molecule has 0 unspecified atom stereocenters. The van der Waals surface area contributed by atoms with Crippen LogP contribution in [0, 0.1) is 0 Å². The number of hydrogen-bond acceptors (Lipinski definition) is 1. The first-order valence-corrected chi connectivity index (χ1v) is 1.70. The molecule has 0 saturated carbocycles. The molecule has 0 amide bonds. The molecule has 35 valence electrons. The van der Waals surface area contributed by atoms with Gasteiger partial charge in [-0.2, -0.15) is 0 Å². The van der Waals surface area contributed by atoms with E-state index in [0.717, 1.165) is 6.34 Å². The highest BCUT2D eigenvalue weighted by Gasteiger charge is 1.68. The average molecular weight is 87.1 g/mol. The van der Waals surface area contributed by atoms with Gasteiger partial charge in [0, 0.05) is 0 Å². The molecule has 3 nitrogen and oxygen atoms in total. The lowest BCUT2D eigenvalue weighted by atomic mass is 10.7. The molecule has 0 aliphatic carbocycles. The molecule has 0 heterocycles. The van der Waals surface area contributed by atoms with Gasteiger partial charge in [-0.1, -0.05) is 0 Å². The Labute approximate surface area is 36.5 Å². The Morgan fingerprint density at radius 1 is 1.83 bits per heavy atom. The van der Waals surface area contributed by atoms with Crippen LogP contribution in [0.5, 0.6) is 0 Å². The maximum atomic E-state index is 9.52. The molecule has 0 spiro atoms. The van der Waals surface area contributed by atoms with E-state index in [1.54, 1.807) is 0 Å². The number of aliphatic imine (C=N–C) groups is 1. The summed E-state index contributed by atoms with van der Waals surface area (Å²) < 4.78 is 0. The van der Waals surface area contributed by atoms with E-state index in [-0.39, 0.29) is 6.61 Å². The first-order chi connectivity index (χ1) is 2.91. The van der Waals surface area contributed by atoms with Gasteiger partial charge in [-0.15, -0.1) is 0 Å². The predicted octanol–water partition coefficient (Wildman–Crippen LogP) is -0.596. The second-order valence-corrected chi connectivity index (χ2v) is 0.759. The molecule has 0 bridgehead atoms. The fourth-order valence-electron chi connectivity index (χ4n) is 0.127. The molecule has 2 N–H and O–H groups in total. The normalized spacial score (nSPS) is 10.2. The summed E-state index contributed by atoms with van der Waals surface area (Å²) in [7, 11) is 0. The lowest BCUT2D eigenvalue weighted by molar-refractivity contribution is 0.203. The summed E-state index contributed by atoms with van der Waals surface area (Å²) >= 11 is 0. The Morgan fingerprint density at radius 3 is 2.67 bits per heavy atom. The standard InChI is InChI=1S/C3H7N2O/c4-3-5-1-2-6/h3H,1-2H2,(H2,4,5). The van der Waals surface area contributed by atoms with Gasteiger partial charge in [-0.05, 0) is 0 Å². The fourth-order valence-corrected chi connectivity index (χ4v) is 0.127. The first-order valence-electron chi connectivity index (χ1n) is 1.70. The zero-order valence-corrected chi connectivity index (χ0v) is 3.42. The molecule has 0 aromatic rings. The number of hydrogen-bond donors (Lipinski definition) is 1. The number of nitrogens with zero attached hydrogens (tertiary/aromatic N) is 1. The van der Waals surface area contributed by atoms with E-state index in [4.69, 9.17) is 5.73 Å². The highest BCUT2D eigenvalue weighted by Crippen LogP contribution is 1.58.